The number of carbonyl (C=O) groups excluding carboxylic acids is 1. The summed E-state index contributed by atoms with van der Waals surface area (Å²) in [5, 5.41) is 2.62. The number of nitrogens with one attached hydrogen (secondary N) is 1. The highest BCUT2D eigenvalue weighted by molar-refractivity contribution is 5.46. The maximum Gasteiger partial charge on any atom is 0.207 e. The van der Waals surface area contributed by atoms with E-state index in [0.717, 1.165) is 22.8 Å². The number of rotatable bonds is 6. The van der Waals surface area contributed by atoms with Crippen LogP contribution in [-0.4, -0.2) is 13.5 Å². The summed E-state index contributed by atoms with van der Waals surface area (Å²) in [4.78, 5) is 10.3. The molecule has 0 bridgehead atoms. The van der Waals surface area contributed by atoms with Gasteiger partial charge in [-0.05, 0) is 42.0 Å². The van der Waals surface area contributed by atoms with Crippen molar-refractivity contribution in [2.24, 2.45) is 0 Å². The maximum atomic E-state index is 10.3. The van der Waals surface area contributed by atoms with E-state index in [9.17, 15) is 4.79 Å². The van der Waals surface area contributed by atoms with Crippen LogP contribution in [0, 0.1) is 0 Å². The van der Waals surface area contributed by atoms with E-state index < -0.39 is 0 Å². The van der Waals surface area contributed by atoms with Crippen LogP contribution in [0.5, 0.6) is 17.2 Å². The Morgan fingerprint density at radius 3 is 2.47 bits per heavy atom. The van der Waals surface area contributed by atoms with Gasteiger partial charge in [0.2, 0.25) is 6.41 Å². The molecule has 0 atom stereocenters. The third kappa shape index (κ3) is 3.74. The van der Waals surface area contributed by atoms with Gasteiger partial charge in [0, 0.05) is 6.54 Å². The molecule has 4 heteroatoms. The summed E-state index contributed by atoms with van der Waals surface area (Å²) in [6.45, 7) is 0.489. The second-order valence-corrected chi connectivity index (χ2v) is 3.92. The van der Waals surface area contributed by atoms with Crippen molar-refractivity contribution in [3.8, 4) is 17.2 Å². The Bertz CT molecular complexity index is 537. The van der Waals surface area contributed by atoms with Gasteiger partial charge in [-0.3, -0.25) is 4.79 Å². The lowest BCUT2D eigenvalue weighted by atomic mass is 10.2. The normalized spacial score (nSPS) is 9.74. The van der Waals surface area contributed by atoms with Gasteiger partial charge in [0.1, 0.15) is 17.2 Å². The van der Waals surface area contributed by atoms with Crippen LogP contribution < -0.4 is 14.8 Å². The second-order valence-electron chi connectivity index (χ2n) is 3.92. The van der Waals surface area contributed by atoms with Crippen molar-refractivity contribution in [2.45, 2.75) is 6.54 Å². The van der Waals surface area contributed by atoms with Gasteiger partial charge >= 0.3 is 0 Å². The molecule has 0 saturated carbocycles. The van der Waals surface area contributed by atoms with E-state index in [1.807, 2.05) is 48.5 Å². The summed E-state index contributed by atoms with van der Waals surface area (Å²) in [5.41, 5.74) is 0.984. The van der Waals surface area contributed by atoms with E-state index in [1.54, 1.807) is 7.11 Å². The number of hydrogen-bond donors (Lipinski definition) is 1. The second kappa shape index (κ2) is 6.44. The van der Waals surface area contributed by atoms with Crippen LogP contribution in [0.1, 0.15) is 5.56 Å². The first-order valence-corrected chi connectivity index (χ1v) is 5.89. The average molecular weight is 257 g/mol. The Morgan fingerprint density at radius 1 is 1.05 bits per heavy atom. The summed E-state index contributed by atoms with van der Waals surface area (Å²) in [5.74, 6) is 2.26. The maximum absolute atomic E-state index is 10.3. The lowest BCUT2D eigenvalue weighted by Gasteiger charge is -2.08. The number of ether oxygens (including phenoxy) is 2. The lowest BCUT2D eigenvalue weighted by Crippen LogP contribution is -2.09. The molecule has 1 N–H and O–H groups in total. The van der Waals surface area contributed by atoms with Crippen LogP contribution in [0.3, 0.4) is 0 Å². The fourth-order valence-electron chi connectivity index (χ4n) is 1.66. The number of carbonyl (C=O) groups is 1. The largest absolute Gasteiger partial charge is 0.497 e. The van der Waals surface area contributed by atoms with Crippen molar-refractivity contribution < 1.29 is 14.3 Å². The van der Waals surface area contributed by atoms with Crippen LogP contribution in [-0.2, 0) is 11.3 Å². The minimum Gasteiger partial charge on any atom is -0.497 e. The van der Waals surface area contributed by atoms with Gasteiger partial charge in [-0.1, -0.05) is 12.1 Å². The molecule has 0 fully saturated rings. The molecule has 0 aliphatic heterocycles. The first kappa shape index (κ1) is 13.0. The SMILES string of the molecule is COc1ccc(Oc2cccc(CNC=O)c2)cc1. The number of hydrogen-bond acceptors (Lipinski definition) is 3. The fraction of sp³-hybridized carbons (Fsp3) is 0.133. The third-order valence-corrected chi connectivity index (χ3v) is 2.58. The number of benzene rings is 2. The predicted octanol–water partition coefficient (Wildman–Crippen LogP) is 2.73. The van der Waals surface area contributed by atoms with Crippen LogP contribution in [0.15, 0.2) is 48.5 Å². The van der Waals surface area contributed by atoms with Gasteiger partial charge in [0.15, 0.2) is 0 Å². The molecule has 2 aromatic carbocycles. The molecule has 0 aromatic heterocycles. The molecule has 0 aliphatic rings. The lowest BCUT2D eigenvalue weighted by molar-refractivity contribution is -0.109. The monoisotopic (exact) mass is 257 g/mol. The van der Waals surface area contributed by atoms with E-state index in [2.05, 4.69) is 5.32 Å². The van der Waals surface area contributed by atoms with Crippen molar-refractivity contribution in [1.29, 1.82) is 0 Å². The molecule has 0 heterocycles. The van der Waals surface area contributed by atoms with E-state index in [0.29, 0.717) is 13.0 Å². The van der Waals surface area contributed by atoms with E-state index in [-0.39, 0.29) is 0 Å². The molecule has 4 nitrogen and oxygen atoms in total. The van der Waals surface area contributed by atoms with Crippen LogP contribution in [0.25, 0.3) is 0 Å². The third-order valence-electron chi connectivity index (χ3n) is 2.58. The summed E-state index contributed by atoms with van der Waals surface area (Å²) in [6.07, 6.45) is 0.678. The van der Waals surface area contributed by atoms with Crippen molar-refractivity contribution in [3.63, 3.8) is 0 Å². The molecule has 0 aliphatic carbocycles. The number of methoxy groups -OCH3 is 1. The van der Waals surface area contributed by atoms with Gasteiger partial charge in [-0.15, -0.1) is 0 Å². The van der Waals surface area contributed by atoms with Gasteiger partial charge in [0.25, 0.3) is 0 Å². The van der Waals surface area contributed by atoms with Gasteiger partial charge < -0.3 is 14.8 Å². The molecular weight excluding hydrogens is 242 g/mol. The van der Waals surface area contributed by atoms with Crippen molar-refractivity contribution in [1.82, 2.24) is 5.32 Å². The minimum absolute atomic E-state index is 0.489. The zero-order valence-corrected chi connectivity index (χ0v) is 10.6. The van der Waals surface area contributed by atoms with Gasteiger partial charge in [0.05, 0.1) is 7.11 Å². The highest BCUT2D eigenvalue weighted by Crippen LogP contribution is 2.24. The number of amides is 1. The first-order chi connectivity index (χ1) is 9.31. The standard InChI is InChI=1S/C15H15NO3/c1-18-13-5-7-14(8-6-13)19-15-4-2-3-12(9-15)10-16-11-17/h2-9,11H,10H2,1H3,(H,16,17). The highest BCUT2D eigenvalue weighted by atomic mass is 16.5. The predicted molar refractivity (Wildman–Crippen MR) is 72.4 cm³/mol. The van der Waals surface area contributed by atoms with E-state index in [4.69, 9.17) is 9.47 Å². The molecule has 0 spiro atoms. The van der Waals surface area contributed by atoms with Crippen LogP contribution >= 0.6 is 0 Å². The quantitative estimate of drug-likeness (QED) is 0.809. The molecule has 0 radical (unpaired) electrons. The van der Waals surface area contributed by atoms with Crippen molar-refractivity contribution in [2.75, 3.05) is 7.11 Å². The summed E-state index contributed by atoms with van der Waals surface area (Å²) in [6, 6.07) is 14.9. The first-order valence-electron chi connectivity index (χ1n) is 5.89. The topological polar surface area (TPSA) is 47.6 Å². The van der Waals surface area contributed by atoms with E-state index in [1.165, 1.54) is 0 Å². The Balaban J connectivity index is 2.06. The minimum atomic E-state index is 0.489. The molecule has 1 amide bonds. The zero-order valence-electron chi connectivity index (χ0n) is 10.6. The summed E-state index contributed by atoms with van der Waals surface area (Å²) < 4.78 is 10.8. The molecule has 0 unspecified atom stereocenters. The summed E-state index contributed by atoms with van der Waals surface area (Å²) >= 11 is 0. The fourth-order valence-corrected chi connectivity index (χ4v) is 1.66. The van der Waals surface area contributed by atoms with Gasteiger partial charge in [-0.2, -0.15) is 0 Å². The Morgan fingerprint density at radius 2 is 1.79 bits per heavy atom. The molecule has 19 heavy (non-hydrogen) atoms. The molecule has 2 aromatic rings. The molecule has 2 rings (SSSR count). The molecular formula is C15H15NO3. The van der Waals surface area contributed by atoms with Crippen LogP contribution in [0.2, 0.25) is 0 Å². The Hall–Kier alpha value is -2.49. The van der Waals surface area contributed by atoms with Crippen molar-refractivity contribution >= 4 is 6.41 Å². The molecule has 0 saturated heterocycles. The Kier molecular flexibility index (Phi) is 4.39. The molecule has 98 valence electrons. The average Bonchev–Trinajstić information content (AvgIpc) is 2.46. The highest BCUT2D eigenvalue weighted by Gasteiger charge is 1.99. The van der Waals surface area contributed by atoms with Gasteiger partial charge in [-0.25, -0.2) is 0 Å². The van der Waals surface area contributed by atoms with Crippen molar-refractivity contribution in [3.05, 3.63) is 54.1 Å². The Labute approximate surface area is 112 Å². The smallest absolute Gasteiger partial charge is 0.207 e. The zero-order chi connectivity index (χ0) is 13.5. The summed E-state index contributed by atoms with van der Waals surface area (Å²) in [7, 11) is 1.62. The van der Waals surface area contributed by atoms with E-state index >= 15 is 0 Å². The van der Waals surface area contributed by atoms with Crippen LogP contribution in [0.4, 0.5) is 0 Å².